The molecule has 0 aliphatic carbocycles. The number of alkyl halides is 3. The molecular weight excluding hydrogens is 439 g/mol. The smallest absolute Gasteiger partial charge is 0.508 e. The minimum Gasteiger partial charge on any atom is -0.508 e. The first kappa shape index (κ1) is 22.4. The Balaban J connectivity index is 1.69. The molecule has 2 heterocycles. The van der Waals surface area contributed by atoms with Crippen molar-refractivity contribution < 1.29 is 32.6 Å². The highest BCUT2D eigenvalue weighted by molar-refractivity contribution is 6.23. The Morgan fingerprint density at radius 1 is 1.09 bits per heavy atom. The van der Waals surface area contributed by atoms with Crippen molar-refractivity contribution in [3.63, 3.8) is 0 Å². The lowest BCUT2D eigenvalue weighted by Crippen LogP contribution is -2.46. The molecule has 0 radical (unpaired) electrons. The van der Waals surface area contributed by atoms with Gasteiger partial charge >= 0.3 is 12.4 Å². The number of benzene rings is 2. The number of rotatable bonds is 5. The summed E-state index contributed by atoms with van der Waals surface area (Å²) in [4.78, 5) is 33.3. The molecule has 10 heteroatoms. The molecule has 1 aromatic heterocycles. The molecule has 1 aliphatic heterocycles. The number of fused-ring (bicyclic) bond motifs is 1. The van der Waals surface area contributed by atoms with Crippen molar-refractivity contribution >= 4 is 28.5 Å². The molecular formula is C23H20F3N3O4. The first-order valence-corrected chi connectivity index (χ1v) is 10.1. The van der Waals surface area contributed by atoms with Crippen LogP contribution in [0.4, 0.5) is 23.7 Å². The van der Waals surface area contributed by atoms with Crippen LogP contribution in [-0.2, 0) is 11.3 Å². The van der Waals surface area contributed by atoms with E-state index >= 15 is 0 Å². The summed E-state index contributed by atoms with van der Waals surface area (Å²) in [6.45, 7) is 3.50. The number of phenols is 1. The summed E-state index contributed by atoms with van der Waals surface area (Å²) in [5.41, 5.74) is 0.273. The predicted molar refractivity (Wildman–Crippen MR) is 114 cm³/mol. The van der Waals surface area contributed by atoms with Crippen molar-refractivity contribution in [2.75, 3.05) is 4.90 Å². The second kappa shape index (κ2) is 7.95. The van der Waals surface area contributed by atoms with E-state index in [9.17, 15) is 27.9 Å². The zero-order valence-corrected chi connectivity index (χ0v) is 17.8. The molecule has 0 saturated carbocycles. The molecule has 0 spiro atoms. The van der Waals surface area contributed by atoms with Crippen molar-refractivity contribution in [3.8, 4) is 11.5 Å². The van der Waals surface area contributed by atoms with Crippen LogP contribution in [0.1, 0.15) is 25.8 Å². The zero-order valence-electron chi connectivity index (χ0n) is 17.8. The lowest BCUT2D eigenvalue weighted by atomic mass is 9.96. The van der Waals surface area contributed by atoms with Crippen LogP contribution in [0, 0.1) is 0 Å². The number of ether oxygens (including phenoxy) is 1. The van der Waals surface area contributed by atoms with E-state index < -0.39 is 29.6 Å². The van der Waals surface area contributed by atoms with Gasteiger partial charge in [0.05, 0.1) is 11.2 Å². The molecule has 3 amide bonds. The van der Waals surface area contributed by atoms with Crippen LogP contribution in [0.5, 0.6) is 11.5 Å². The quantitative estimate of drug-likeness (QED) is 0.545. The van der Waals surface area contributed by atoms with Crippen LogP contribution < -0.4 is 9.64 Å². The molecule has 7 nitrogen and oxygen atoms in total. The standard InChI is InChI=1S/C23H20F3N3O4/c1-3-22(2)20(31)29(15-4-7-17(8-5-15)33-23(24,25)26)21(32)28(22)13-14-10-11-27-19-9-6-16(30)12-18(14)19/h4-12,30H,3,13H2,1-2H3. The molecule has 33 heavy (non-hydrogen) atoms. The fourth-order valence-electron chi connectivity index (χ4n) is 3.88. The Morgan fingerprint density at radius 2 is 1.79 bits per heavy atom. The maximum absolute atomic E-state index is 13.4. The summed E-state index contributed by atoms with van der Waals surface area (Å²) in [7, 11) is 0. The molecule has 3 aromatic rings. The number of carbonyl (C=O) groups excluding carboxylic acids is 2. The summed E-state index contributed by atoms with van der Waals surface area (Å²) >= 11 is 0. The maximum Gasteiger partial charge on any atom is 0.573 e. The largest absolute Gasteiger partial charge is 0.573 e. The topological polar surface area (TPSA) is 83.0 Å². The third-order valence-electron chi connectivity index (χ3n) is 5.84. The maximum atomic E-state index is 13.4. The molecule has 1 aliphatic rings. The fourth-order valence-corrected chi connectivity index (χ4v) is 3.88. The van der Waals surface area contributed by atoms with Gasteiger partial charge in [-0.15, -0.1) is 13.2 Å². The van der Waals surface area contributed by atoms with Crippen LogP contribution in [0.25, 0.3) is 10.9 Å². The van der Waals surface area contributed by atoms with Crippen LogP contribution >= 0.6 is 0 Å². The number of carbonyl (C=O) groups is 2. The van der Waals surface area contributed by atoms with Gasteiger partial charge in [0.1, 0.15) is 17.0 Å². The number of hydrogen-bond acceptors (Lipinski definition) is 5. The lowest BCUT2D eigenvalue weighted by molar-refractivity contribution is -0.274. The van der Waals surface area contributed by atoms with Gasteiger partial charge in [0.15, 0.2) is 0 Å². The highest BCUT2D eigenvalue weighted by Crippen LogP contribution is 2.37. The van der Waals surface area contributed by atoms with E-state index in [1.807, 2.05) is 0 Å². The van der Waals surface area contributed by atoms with E-state index in [1.54, 1.807) is 38.2 Å². The van der Waals surface area contributed by atoms with E-state index in [1.165, 1.54) is 23.1 Å². The minimum atomic E-state index is -4.85. The first-order chi connectivity index (χ1) is 15.5. The van der Waals surface area contributed by atoms with E-state index in [2.05, 4.69) is 9.72 Å². The molecule has 4 rings (SSSR count). The van der Waals surface area contributed by atoms with Gasteiger partial charge in [-0.1, -0.05) is 6.92 Å². The number of halogens is 3. The van der Waals surface area contributed by atoms with Gasteiger partial charge in [0.2, 0.25) is 0 Å². The van der Waals surface area contributed by atoms with E-state index in [-0.39, 0.29) is 18.0 Å². The van der Waals surface area contributed by atoms with E-state index in [0.29, 0.717) is 22.9 Å². The number of phenolic OH excluding ortho intramolecular Hbond substituents is 1. The third kappa shape index (κ3) is 4.04. The van der Waals surface area contributed by atoms with Gasteiger partial charge in [-0.25, -0.2) is 9.69 Å². The van der Waals surface area contributed by atoms with Crippen molar-refractivity contribution in [2.24, 2.45) is 0 Å². The van der Waals surface area contributed by atoms with Crippen molar-refractivity contribution in [1.29, 1.82) is 0 Å². The Morgan fingerprint density at radius 3 is 2.42 bits per heavy atom. The van der Waals surface area contributed by atoms with Gasteiger partial charge < -0.3 is 14.7 Å². The first-order valence-electron chi connectivity index (χ1n) is 10.1. The number of anilines is 1. The Labute approximate surface area is 187 Å². The number of aromatic nitrogens is 1. The van der Waals surface area contributed by atoms with Gasteiger partial charge in [0.25, 0.3) is 5.91 Å². The molecule has 1 N–H and O–H groups in total. The number of hydrogen-bond donors (Lipinski definition) is 1. The van der Waals surface area contributed by atoms with Crippen LogP contribution in [0.15, 0.2) is 54.7 Å². The van der Waals surface area contributed by atoms with Gasteiger partial charge in [-0.05, 0) is 67.4 Å². The minimum absolute atomic E-state index is 0.0432. The highest BCUT2D eigenvalue weighted by atomic mass is 19.4. The van der Waals surface area contributed by atoms with Gasteiger partial charge in [0, 0.05) is 18.1 Å². The second-order valence-corrected chi connectivity index (χ2v) is 7.85. The zero-order chi connectivity index (χ0) is 24.0. The third-order valence-corrected chi connectivity index (χ3v) is 5.84. The van der Waals surface area contributed by atoms with Crippen molar-refractivity contribution in [2.45, 2.75) is 38.7 Å². The number of urea groups is 1. The number of imide groups is 1. The molecule has 1 saturated heterocycles. The van der Waals surface area contributed by atoms with Crippen LogP contribution in [-0.4, -0.2) is 38.8 Å². The predicted octanol–water partition coefficient (Wildman–Crippen LogP) is 4.98. The molecule has 1 atom stereocenters. The normalized spacial score (nSPS) is 18.9. The van der Waals surface area contributed by atoms with Gasteiger partial charge in [-0.3, -0.25) is 9.78 Å². The second-order valence-electron chi connectivity index (χ2n) is 7.85. The Hall–Kier alpha value is -3.82. The van der Waals surface area contributed by atoms with Crippen molar-refractivity contribution in [3.05, 3.63) is 60.3 Å². The van der Waals surface area contributed by atoms with E-state index in [0.717, 1.165) is 17.0 Å². The number of nitrogens with zero attached hydrogens (tertiary/aromatic N) is 3. The summed E-state index contributed by atoms with van der Waals surface area (Å²) in [6, 6.07) is 10.4. The molecule has 1 unspecified atom stereocenters. The van der Waals surface area contributed by atoms with Crippen LogP contribution in [0.2, 0.25) is 0 Å². The summed E-state index contributed by atoms with van der Waals surface area (Å²) in [5.74, 6) is -0.897. The average Bonchev–Trinajstić information content (AvgIpc) is 2.94. The molecule has 0 bridgehead atoms. The van der Waals surface area contributed by atoms with Gasteiger partial charge in [-0.2, -0.15) is 0 Å². The average molecular weight is 459 g/mol. The Bertz CT molecular complexity index is 1230. The van der Waals surface area contributed by atoms with E-state index in [4.69, 9.17) is 0 Å². The molecule has 172 valence electrons. The monoisotopic (exact) mass is 459 g/mol. The van der Waals surface area contributed by atoms with Crippen molar-refractivity contribution in [1.82, 2.24) is 9.88 Å². The summed E-state index contributed by atoms with van der Waals surface area (Å²) in [5, 5.41) is 10.5. The van der Waals surface area contributed by atoms with Crippen LogP contribution in [0.3, 0.4) is 0 Å². The molecule has 2 aromatic carbocycles. The lowest BCUT2D eigenvalue weighted by Gasteiger charge is -2.30. The number of amides is 3. The highest BCUT2D eigenvalue weighted by Gasteiger charge is 2.53. The summed E-state index contributed by atoms with van der Waals surface area (Å²) in [6.07, 6.45) is -2.95. The Kier molecular flexibility index (Phi) is 5.39. The molecule has 1 fully saturated rings. The number of pyridine rings is 1. The summed E-state index contributed by atoms with van der Waals surface area (Å²) < 4.78 is 41.2. The number of aromatic hydroxyl groups is 1. The fraction of sp³-hybridized carbons (Fsp3) is 0.261. The SMILES string of the molecule is CCC1(C)C(=O)N(c2ccc(OC(F)(F)F)cc2)C(=O)N1Cc1ccnc2ccc(O)cc12.